The summed E-state index contributed by atoms with van der Waals surface area (Å²) in [7, 11) is 4.72. The summed E-state index contributed by atoms with van der Waals surface area (Å²) in [5.41, 5.74) is 0.513. The van der Waals surface area contributed by atoms with E-state index in [0.717, 1.165) is 16.7 Å². The number of benzene rings is 1. The zero-order chi connectivity index (χ0) is 31.7. The number of ether oxygens (including phenoxy) is 1. The van der Waals surface area contributed by atoms with Crippen molar-refractivity contribution < 1.29 is 41.4 Å². The Bertz CT molecular complexity index is 1500. The fourth-order valence-corrected chi connectivity index (χ4v) is 4.53. The number of nitrogens with zero attached hydrogens (tertiary/aromatic N) is 3. The number of carbonyl (C=O) groups is 2. The second-order valence-electron chi connectivity index (χ2n) is 9.54. The van der Waals surface area contributed by atoms with Crippen LogP contribution in [-0.4, -0.2) is 91.0 Å². The van der Waals surface area contributed by atoms with E-state index in [-0.39, 0.29) is 48.2 Å². The number of halogens is 5. The van der Waals surface area contributed by atoms with Crippen molar-refractivity contribution in [2.24, 2.45) is 0 Å². The zero-order valence-corrected chi connectivity index (χ0v) is 23.6. The van der Waals surface area contributed by atoms with Gasteiger partial charge in [-0.1, -0.05) is 5.92 Å². The van der Waals surface area contributed by atoms with Crippen molar-refractivity contribution in [1.82, 2.24) is 19.6 Å². The third kappa shape index (κ3) is 8.71. The fourth-order valence-electron chi connectivity index (χ4n) is 4.53. The first-order valence-electron chi connectivity index (χ1n) is 13.0. The number of fused-ring (bicyclic) bond motifs is 1. The lowest BCUT2D eigenvalue weighted by Gasteiger charge is -2.33. The smallest absolute Gasteiger partial charge is 0.394 e. The number of aromatic nitrogens is 2. The largest absolute Gasteiger partial charge is 0.495 e. The minimum atomic E-state index is -4.61. The second kappa shape index (κ2) is 14.5. The number of amides is 1. The van der Waals surface area contributed by atoms with Crippen molar-refractivity contribution in [3.63, 3.8) is 0 Å². The van der Waals surface area contributed by atoms with Gasteiger partial charge < -0.3 is 30.7 Å². The van der Waals surface area contributed by atoms with Gasteiger partial charge in [0.15, 0.2) is 5.65 Å². The summed E-state index contributed by atoms with van der Waals surface area (Å²) in [5.74, 6) is 4.68. The Morgan fingerprint density at radius 2 is 2.00 bits per heavy atom. The predicted octanol–water partition coefficient (Wildman–Crippen LogP) is 3.56. The van der Waals surface area contributed by atoms with E-state index in [2.05, 4.69) is 32.8 Å². The topological polar surface area (TPSA) is 120 Å². The van der Waals surface area contributed by atoms with Crippen molar-refractivity contribution in [1.29, 1.82) is 0 Å². The van der Waals surface area contributed by atoms with Crippen molar-refractivity contribution in [2.75, 3.05) is 51.5 Å². The number of nitrogens with one attached hydrogen (secondary N) is 3. The molecule has 0 saturated carbocycles. The Hall–Kier alpha value is -4.58. The Morgan fingerprint density at radius 1 is 1.28 bits per heavy atom. The van der Waals surface area contributed by atoms with Crippen LogP contribution in [0, 0.1) is 17.7 Å². The molecule has 0 spiro atoms. The summed E-state index contributed by atoms with van der Waals surface area (Å²) >= 11 is 0. The maximum absolute atomic E-state index is 14.6. The first-order valence-corrected chi connectivity index (χ1v) is 13.0. The molecule has 10 nitrogen and oxygen atoms in total. The molecule has 1 aliphatic rings. The van der Waals surface area contributed by atoms with Crippen LogP contribution >= 0.6 is 0 Å². The first kappa shape index (κ1) is 32.9. The molecule has 0 unspecified atom stereocenters. The van der Waals surface area contributed by atoms with Gasteiger partial charge in [-0.2, -0.15) is 13.2 Å². The van der Waals surface area contributed by atoms with Crippen LogP contribution in [-0.2, 0) is 11.2 Å². The molecule has 232 valence electrons. The van der Waals surface area contributed by atoms with Gasteiger partial charge in [0.05, 0.1) is 43.2 Å². The number of imidazole rings is 1. The third-order valence-corrected chi connectivity index (χ3v) is 6.50. The van der Waals surface area contributed by atoms with E-state index in [1.54, 1.807) is 19.2 Å². The van der Waals surface area contributed by atoms with Crippen LogP contribution in [0.4, 0.5) is 33.3 Å². The van der Waals surface area contributed by atoms with Gasteiger partial charge in [0, 0.05) is 38.0 Å². The molecule has 1 fully saturated rings. The number of rotatable bonds is 7. The number of alkyl halides is 4. The highest BCUT2D eigenvalue weighted by Gasteiger charge is 2.33. The Morgan fingerprint density at radius 3 is 2.63 bits per heavy atom. The summed E-state index contributed by atoms with van der Waals surface area (Å²) < 4.78 is 76.0. The van der Waals surface area contributed by atoms with Crippen molar-refractivity contribution >= 4 is 29.4 Å². The van der Waals surface area contributed by atoms with Gasteiger partial charge in [-0.15, -0.1) is 0 Å². The number of piperidine rings is 1. The van der Waals surface area contributed by atoms with Gasteiger partial charge in [0.2, 0.25) is 0 Å². The average Bonchev–Trinajstić information content (AvgIpc) is 3.28. The number of methoxy groups -OCH3 is 1. The molecular weight excluding hydrogens is 579 g/mol. The Kier molecular flexibility index (Phi) is 11.1. The van der Waals surface area contributed by atoms with E-state index in [0.29, 0.717) is 30.0 Å². The van der Waals surface area contributed by atoms with Gasteiger partial charge in [-0.05, 0) is 37.6 Å². The summed E-state index contributed by atoms with van der Waals surface area (Å²) in [4.78, 5) is 26.3. The molecule has 1 amide bonds. The maximum atomic E-state index is 14.6. The van der Waals surface area contributed by atoms with Crippen LogP contribution in [0.15, 0.2) is 30.5 Å². The van der Waals surface area contributed by atoms with Crippen LogP contribution in [0.5, 0.6) is 5.75 Å². The summed E-state index contributed by atoms with van der Waals surface area (Å²) in [5, 5.41) is 15.3. The van der Waals surface area contributed by atoms with E-state index < -0.39 is 30.6 Å². The lowest BCUT2D eigenvalue weighted by atomic mass is 10.0. The van der Waals surface area contributed by atoms with E-state index in [1.165, 1.54) is 20.2 Å². The van der Waals surface area contributed by atoms with E-state index in [1.807, 2.05) is 4.90 Å². The van der Waals surface area contributed by atoms with Gasteiger partial charge in [-0.3, -0.25) is 14.0 Å². The molecular formula is C28H31F5N6O4. The number of pyridine rings is 1. The predicted molar refractivity (Wildman–Crippen MR) is 150 cm³/mol. The normalized spacial score (nSPS) is 16.7. The number of hydrogen-bond acceptors (Lipinski definition) is 7. The van der Waals surface area contributed by atoms with Crippen LogP contribution in [0.1, 0.15) is 28.2 Å². The number of hydrogen-bond donors (Lipinski definition) is 4. The zero-order valence-electron chi connectivity index (χ0n) is 23.6. The van der Waals surface area contributed by atoms with Gasteiger partial charge in [0.1, 0.15) is 23.4 Å². The van der Waals surface area contributed by atoms with Gasteiger partial charge in [-0.25, -0.2) is 13.8 Å². The molecule has 4 N–H and O–H groups in total. The molecule has 3 aromatic rings. The number of anilines is 2. The maximum Gasteiger partial charge on any atom is 0.394 e. The fraction of sp³-hybridized carbons (Fsp3) is 0.393. The van der Waals surface area contributed by atoms with Crippen LogP contribution in [0.3, 0.4) is 0 Å². The van der Waals surface area contributed by atoms with Gasteiger partial charge >= 0.3 is 6.18 Å². The minimum absolute atomic E-state index is 0.00754. The summed E-state index contributed by atoms with van der Waals surface area (Å²) in [6, 6.07) is 5.18. The first-order chi connectivity index (χ1) is 20.4. The Labute approximate surface area is 244 Å². The molecule has 15 heteroatoms. The molecule has 1 aromatic carbocycles. The van der Waals surface area contributed by atoms with E-state index in [9.17, 15) is 26.7 Å². The number of carboxylic acid groups (broad SMARTS) is 1. The van der Waals surface area contributed by atoms with Crippen LogP contribution in [0.25, 0.3) is 5.65 Å². The van der Waals surface area contributed by atoms with Crippen molar-refractivity contribution in [3.05, 3.63) is 53.2 Å². The molecule has 2 aromatic heterocycles. The number of carbonyl (C=O) groups excluding carboxylic acids is 1. The highest BCUT2D eigenvalue weighted by Crippen LogP contribution is 2.29. The summed E-state index contributed by atoms with van der Waals surface area (Å²) in [6.45, 7) is 0.550. The molecule has 4 rings (SSSR count). The monoisotopic (exact) mass is 610 g/mol. The standard InChI is InChI=1S/C27H29F5N6O2.CH2O2/c1-33-26(39)16-6-7-21(24(11-16)40-3)34-9-4-5-20-23(13-27(30,31)32)38-14-17(28)12-22(25(38)36-20)35-19-8-10-37(2)15-18(19)29;2-1-3/h6-7,11-12,14,18-19,34-35H,8-10,13,15H2,1-3H3,(H,33,39);1H,(H,2,3)/t18-,19+;/m0./s1. The highest BCUT2D eigenvalue weighted by atomic mass is 19.4. The highest BCUT2D eigenvalue weighted by molar-refractivity contribution is 5.95. The van der Waals surface area contributed by atoms with E-state index >= 15 is 0 Å². The van der Waals surface area contributed by atoms with Crippen molar-refractivity contribution in [3.8, 4) is 17.6 Å². The van der Waals surface area contributed by atoms with E-state index in [4.69, 9.17) is 14.6 Å². The number of likely N-dealkylation sites (tertiary alicyclic amines) is 1. The molecule has 43 heavy (non-hydrogen) atoms. The molecule has 0 aliphatic carbocycles. The third-order valence-electron chi connectivity index (χ3n) is 6.50. The lowest BCUT2D eigenvalue weighted by Crippen LogP contribution is -2.46. The van der Waals surface area contributed by atoms with Gasteiger partial charge in [0.25, 0.3) is 12.4 Å². The average molecular weight is 611 g/mol. The quantitative estimate of drug-likeness (QED) is 0.182. The van der Waals surface area contributed by atoms with Crippen LogP contribution in [0.2, 0.25) is 0 Å². The molecule has 0 radical (unpaired) electrons. The minimum Gasteiger partial charge on any atom is -0.495 e. The van der Waals surface area contributed by atoms with Crippen molar-refractivity contribution in [2.45, 2.75) is 31.2 Å². The molecule has 0 bridgehead atoms. The second-order valence-corrected chi connectivity index (χ2v) is 9.54. The van der Waals surface area contributed by atoms with Crippen LogP contribution < -0.4 is 20.7 Å². The lowest BCUT2D eigenvalue weighted by molar-refractivity contribution is -0.128. The SMILES string of the molecule is CNC(=O)c1ccc(NCC#Cc2nc3c(N[C@@H]4CCN(C)C[C@@H]4F)cc(F)cn3c2CC(F)(F)F)c(OC)c1.O=CO. The molecule has 2 atom stereocenters. The molecule has 1 aliphatic heterocycles. The summed E-state index contributed by atoms with van der Waals surface area (Å²) in [6.07, 6.45) is -5.90. The molecule has 3 heterocycles. The Balaban J connectivity index is 0.00000162. The molecule has 1 saturated heterocycles.